The second-order valence-corrected chi connectivity index (χ2v) is 11.2. The number of likely N-dealkylation sites (tertiary alicyclic amines) is 1. The van der Waals surface area contributed by atoms with Gasteiger partial charge in [-0.3, -0.25) is 4.79 Å². The van der Waals surface area contributed by atoms with Crippen molar-refractivity contribution in [3.05, 3.63) is 54.1 Å². The molecule has 8 heteroatoms. The highest BCUT2D eigenvalue weighted by molar-refractivity contribution is 7.89. The van der Waals surface area contributed by atoms with Gasteiger partial charge in [0.1, 0.15) is 11.5 Å². The molecule has 0 amide bonds. The zero-order valence-corrected chi connectivity index (χ0v) is 21.3. The van der Waals surface area contributed by atoms with E-state index in [0.29, 0.717) is 25.5 Å². The fraction of sp³-hybridized carbons (Fsp3) is 0.519. The van der Waals surface area contributed by atoms with Crippen molar-refractivity contribution in [2.24, 2.45) is 5.92 Å². The van der Waals surface area contributed by atoms with Crippen molar-refractivity contribution in [2.45, 2.75) is 56.4 Å². The van der Waals surface area contributed by atoms with E-state index in [9.17, 15) is 13.2 Å². The van der Waals surface area contributed by atoms with Crippen molar-refractivity contribution in [3.63, 3.8) is 0 Å². The van der Waals surface area contributed by atoms with Crippen LogP contribution in [0.2, 0.25) is 0 Å². The van der Waals surface area contributed by atoms with Gasteiger partial charge in [0.05, 0.1) is 18.1 Å². The SMILES string of the molecule is CCCCOc1ccc(S(=O)(=O)N[C@@H]2CCN(CCCOc3ccc(C(=O)C4CC4)cc3)C2)cc1. The van der Waals surface area contributed by atoms with Crippen LogP contribution >= 0.6 is 0 Å². The molecule has 1 aliphatic carbocycles. The van der Waals surface area contributed by atoms with Crippen LogP contribution in [0.3, 0.4) is 0 Å². The number of rotatable bonds is 14. The van der Waals surface area contributed by atoms with E-state index in [4.69, 9.17) is 9.47 Å². The molecule has 2 fully saturated rings. The van der Waals surface area contributed by atoms with Crippen LogP contribution in [-0.4, -0.2) is 58.0 Å². The third-order valence-corrected chi connectivity index (χ3v) is 8.01. The molecular weight excluding hydrogens is 464 g/mol. The molecule has 1 saturated heterocycles. The Balaban J connectivity index is 1.15. The van der Waals surface area contributed by atoms with E-state index in [1.54, 1.807) is 24.3 Å². The van der Waals surface area contributed by atoms with E-state index in [2.05, 4.69) is 16.5 Å². The predicted octanol–water partition coefficient (Wildman–Crippen LogP) is 4.28. The topological polar surface area (TPSA) is 84.9 Å². The number of hydrogen-bond donors (Lipinski definition) is 1. The van der Waals surface area contributed by atoms with Crippen LogP contribution in [0, 0.1) is 5.92 Å². The van der Waals surface area contributed by atoms with Crippen molar-refractivity contribution in [3.8, 4) is 11.5 Å². The van der Waals surface area contributed by atoms with E-state index >= 15 is 0 Å². The van der Waals surface area contributed by atoms with Crippen molar-refractivity contribution in [1.82, 2.24) is 9.62 Å². The Kier molecular flexibility index (Phi) is 8.81. The van der Waals surface area contributed by atoms with Crippen molar-refractivity contribution < 1.29 is 22.7 Å². The van der Waals surface area contributed by atoms with Gasteiger partial charge in [-0.25, -0.2) is 13.1 Å². The van der Waals surface area contributed by atoms with Crippen LogP contribution < -0.4 is 14.2 Å². The van der Waals surface area contributed by atoms with Crippen LogP contribution in [0.5, 0.6) is 11.5 Å². The average Bonchev–Trinajstić information content (AvgIpc) is 3.62. The molecule has 4 rings (SSSR count). The van der Waals surface area contributed by atoms with E-state index < -0.39 is 10.0 Å². The van der Waals surface area contributed by atoms with E-state index in [1.165, 1.54) is 0 Å². The number of Topliss-reactive ketones (excluding diaryl/α,β-unsaturated/α-hetero) is 1. The molecule has 1 heterocycles. The Morgan fingerprint density at radius 1 is 0.943 bits per heavy atom. The van der Waals surface area contributed by atoms with Gasteiger partial charge in [0.25, 0.3) is 0 Å². The molecule has 2 aromatic rings. The number of nitrogens with zero attached hydrogens (tertiary/aromatic N) is 1. The van der Waals surface area contributed by atoms with Gasteiger partial charge in [-0.1, -0.05) is 13.3 Å². The highest BCUT2D eigenvalue weighted by Gasteiger charge is 2.30. The highest BCUT2D eigenvalue weighted by Crippen LogP contribution is 2.32. The number of carbonyl (C=O) groups is 1. The molecule has 1 saturated carbocycles. The number of ether oxygens (including phenoxy) is 2. The molecular formula is C27H36N2O5S. The molecule has 2 aromatic carbocycles. The summed E-state index contributed by atoms with van der Waals surface area (Å²) in [5, 5.41) is 0. The average molecular weight is 501 g/mol. The van der Waals surface area contributed by atoms with E-state index in [-0.39, 0.29) is 22.6 Å². The van der Waals surface area contributed by atoms with Crippen LogP contribution in [0.1, 0.15) is 55.8 Å². The second-order valence-electron chi connectivity index (χ2n) is 9.45. The second kappa shape index (κ2) is 12.0. The maximum Gasteiger partial charge on any atom is 0.240 e. The minimum atomic E-state index is -3.56. The van der Waals surface area contributed by atoms with Crippen molar-refractivity contribution in [1.29, 1.82) is 0 Å². The summed E-state index contributed by atoms with van der Waals surface area (Å²) in [5.74, 6) is 1.93. The van der Waals surface area contributed by atoms with E-state index in [1.807, 2.05) is 24.3 Å². The van der Waals surface area contributed by atoms with Crippen LogP contribution in [0.25, 0.3) is 0 Å². The predicted molar refractivity (Wildman–Crippen MR) is 136 cm³/mol. The molecule has 1 N–H and O–H groups in total. The lowest BCUT2D eigenvalue weighted by molar-refractivity contribution is 0.0967. The first-order valence-corrected chi connectivity index (χ1v) is 14.2. The summed E-state index contributed by atoms with van der Waals surface area (Å²) in [6.45, 7) is 5.71. The number of benzene rings is 2. The molecule has 0 spiro atoms. The number of ketones is 1. The normalized spacial score (nSPS) is 18.5. The summed E-state index contributed by atoms with van der Waals surface area (Å²) >= 11 is 0. The standard InChI is InChI=1S/C27H36N2O5S/c1-2-3-18-33-25-11-13-26(14-12-25)35(31,32)28-23-15-17-29(20-23)16-4-19-34-24-9-7-22(8-10-24)27(30)21-5-6-21/h7-14,21,23,28H,2-6,15-20H2,1H3/t23-/m1/s1. The van der Waals surface area contributed by atoms with Gasteiger partial charge in [0.15, 0.2) is 5.78 Å². The van der Waals surface area contributed by atoms with Crippen LogP contribution in [0.15, 0.2) is 53.4 Å². The first kappa shape index (κ1) is 25.7. The molecule has 2 aliphatic rings. The van der Waals surface area contributed by atoms with Gasteiger partial charge in [-0.15, -0.1) is 0 Å². The monoisotopic (exact) mass is 500 g/mol. The van der Waals surface area contributed by atoms with Gasteiger partial charge in [-0.05, 0) is 87.2 Å². The lowest BCUT2D eigenvalue weighted by Gasteiger charge is -2.17. The van der Waals surface area contributed by atoms with Gasteiger partial charge in [0, 0.05) is 30.6 Å². The smallest absolute Gasteiger partial charge is 0.240 e. The van der Waals surface area contributed by atoms with Gasteiger partial charge < -0.3 is 14.4 Å². The van der Waals surface area contributed by atoms with Crippen LogP contribution in [0.4, 0.5) is 0 Å². The Morgan fingerprint density at radius 2 is 1.57 bits per heavy atom. The summed E-state index contributed by atoms with van der Waals surface area (Å²) < 4.78 is 39.8. The lowest BCUT2D eigenvalue weighted by atomic mass is 10.1. The zero-order valence-electron chi connectivity index (χ0n) is 20.4. The molecule has 0 aromatic heterocycles. The number of unbranched alkanes of at least 4 members (excludes halogenated alkanes) is 1. The Hall–Kier alpha value is -2.42. The first-order chi connectivity index (χ1) is 16.9. The molecule has 0 unspecified atom stereocenters. The molecule has 0 radical (unpaired) electrons. The quantitative estimate of drug-likeness (QED) is 0.308. The van der Waals surface area contributed by atoms with Crippen molar-refractivity contribution >= 4 is 15.8 Å². The number of hydrogen-bond acceptors (Lipinski definition) is 6. The third-order valence-electron chi connectivity index (χ3n) is 6.47. The maximum absolute atomic E-state index is 12.8. The fourth-order valence-corrected chi connectivity index (χ4v) is 5.51. The lowest BCUT2D eigenvalue weighted by Crippen LogP contribution is -2.37. The molecule has 1 aliphatic heterocycles. The molecule has 35 heavy (non-hydrogen) atoms. The zero-order chi connectivity index (χ0) is 24.7. The first-order valence-electron chi connectivity index (χ1n) is 12.7. The van der Waals surface area contributed by atoms with E-state index in [0.717, 1.165) is 62.9 Å². The number of carbonyl (C=O) groups excluding carboxylic acids is 1. The summed E-state index contributed by atoms with van der Waals surface area (Å²) in [7, 11) is -3.56. The Morgan fingerprint density at radius 3 is 2.20 bits per heavy atom. The summed E-state index contributed by atoms with van der Waals surface area (Å²) in [4.78, 5) is 14.6. The minimum absolute atomic E-state index is 0.0991. The van der Waals surface area contributed by atoms with Crippen LogP contribution in [-0.2, 0) is 10.0 Å². The summed E-state index contributed by atoms with van der Waals surface area (Å²) in [6.07, 6.45) is 5.69. The summed E-state index contributed by atoms with van der Waals surface area (Å²) in [5.41, 5.74) is 0.765. The third kappa shape index (κ3) is 7.53. The van der Waals surface area contributed by atoms with Crippen molar-refractivity contribution in [2.75, 3.05) is 32.8 Å². The van der Waals surface area contributed by atoms with Gasteiger partial charge in [-0.2, -0.15) is 0 Å². The minimum Gasteiger partial charge on any atom is -0.494 e. The number of sulfonamides is 1. The maximum atomic E-state index is 12.8. The molecule has 1 atom stereocenters. The number of nitrogens with one attached hydrogen (secondary N) is 1. The Bertz CT molecular complexity index is 1070. The summed E-state index contributed by atoms with van der Waals surface area (Å²) in [6, 6.07) is 13.9. The fourth-order valence-electron chi connectivity index (χ4n) is 4.24. The van der Waals surface area contributed by atoms with Gasteiger partial charge in [0.2, 0.25) is 10.0 Å². The van der Waals surface area contributed by atoms with Gasteiger partial charge >= 0.3 is 0 Å². The molecule has 0 bridgehead atoms. The molecule has 7 nitrogen and oxygen atoms in total. The highest BCUT2D eigenvalue weighted by atomic mass is 32.2. The molecule has 190 valence electrons. The Labute approximate surface area is 208 Å². The largest absolute Gasteiger partial charge is 0.494 e.